The van der Waals surface area contributed by atoms with E-state index in [1.165, 1.54) is 43.4 Å². The van der Waals surface area contributed by atoms with Crippen molar-refractivity contribution in [1.82, 2.24) is 10.2 Å². The van der Waals surface area contributed by atoms with Crippen LogP contribution in [0, 0.1) is 18.8 Å². The van der Waals surface area contributed by atoms with Gasteiger partial charge in [0.2, 0.25) is 0 Å². The zero-order chi connectivity index (χ0) is 24.1. The first-order valence-corrected chi connectivity index (χ1v) is 12.1. The molecule has 2 heterocycles. The lowest BCUT2D eigenvalue weighted by molar-refractivity contribution is -0.274. The standard InChI is InChI=1S/C27H31F3N2O2/c1-17-13-22(26(2,20-5-6-20)21-9-11-31-12-10-21)14-19-16-32(25(33)24(17)19)15-18-3-7-23(8-4-18)34-27(28,29)30/h3-4,7-8,13-14,20-21,31H,5-6,9-12,15-16H2,1-2H3. The van der Waals surface area contributed by atoms with E-state index in [1.54, 1.807) is 17.0 Å². The molecule has 1 N–H and O–H groups in total. The minimum Gasteiger partial charge on any atom is -0.406 e. The lowest BCUT2D eigenvalue weighted by Crippen LogP contribution is -2.41. The van der Waals surface area contributed by atoms with Crippen LogP contribution in [-0.4, -0.2) is 30.3 Å². The molecule has 0 radical (unpaired) electrons. The molecule has 5 rings (SSSR count). The van der Waals surface area contributed by atoms with Crippen molar-refractivity contribution in [3.63, 3.8) is 0 Å². The van der Waals surface area contributed by atoms with E-state index in [-0.39, 0.29) is 17.1 Å². The van der Waals surface area contributed by atoms with Gasteiger partial charge in [-0.05, 0) is 97.3 Å². The minimum absolute atomic E-state index is 0.00957. The molecule has 4 nitrogen and oxygen atoms in total. The number of halogens is 3. The van der Waals surface area contributed by atoms with Crippen molar-refractivity contribution < 1.29 is 22.7 Å². The molecule has 1 saturated carbocycles. The third-order valence-corrected chi connectivity index (χ3v) is 8.04. The van der Waals surface area contributed by atoms with E-state index in [1.807, 2.05) is 6.92 Å². The van der Waals surface area contributed by atoms with Crippen LogP contribution < -0.4 is 10.1 Å². The summed E-state index contributed by atoms with van der Waals surface area (Å²) in [6.07, 6.45) is 0.197. The summed E-state index contributed by atoms with van der Waals surface area (Å²) in [7, 11) is 0. The van der Waals surface area contributed by atoms with Gasteiger partial charge in [-0.15, -0.1) is 13.2 Å². The van der Waals surface area contributed by atoms with Crippen molar-refractivity contribution in [3.8, 4) is 5.75 Å². The number of rotatable bonds is 6. The van der Waals surface area contributed by atoms with Crippen molar-refractivity contribution in [1.29, 1.82) is 0 Å². The van der Waals surface area contributed by atoms with Gasteiger partial charge in [0.05, 0.1) is 0 Å². The molecule has 0 aromatic heterocycles. The quantitative estimate of drug-likeness (QED) is 0.585. The molecule has 1 amide bonds. The maximum absolute atomic E-state index is 13.2. The molecule has 2 aliphatic heterocycles. The molecule has 2 fully saturated rings. The third-order valence-electron chi connectivity index (χ3n) is 8.04. The molecule has 1 unspecified atom stereocenters. The average Bonchev–Trinajstić information content (AvgIpc) is 3.60. The van der Waals surface area contributed by atoms with Crippen LogP contribution in [0.3, 0.4) is 0 Å². The number of piperidine rings is 1. The van der Waals surface area contributed by atoms with E-state index in [0.717, 1.165) is 35.3 Å². The van der Waals surface area contributed by atoms with E-state index < -0.39 is 6.36 Å². The van der Waals surface area contributed by atoms with Crippen molar-refractivity contribution in [2.75, 3.05) is 13.1 Å². The Hall–Kier alpha value is -2.54. The number of carbonyl (C=O) groups is 1. The highest BCUT2D eigenvalue weighted by Gasteiger charge is 2.48. The van der Waals surface area contributed by atoms with Crippen LogP contribution in [0.4, 0.5) is 13.2 Å². The number of hydrogen-bond acceptors (Lipinski definition) is 3. The van der Waals surface area contributed by atoms with Crippen molar-refractivity contribution in [2.24, 2.45) is 11.8 Å². The number of aryl methyl sites for hydroxylation is 1. The molecule has 1 atom stereocenters. The second kappa shape index (κ2) is 8.59. The molecule has 1 aliphatic carbocycles. The van der Waals surface area contributed by atoms with Crippen LogP contribution in [0.5, 0.6) is 5.75 Å². The topological polar surface area (TPSA) is 41.6 Å². The average molecular weight is 473 g/mol. The first-order valence-electron chi connectivity index (χ1n) is 12.1. The van der Waals surface area contributed by atoms with Gasteiger partial charge in [-0.1, -0.05) is 31.2 Å². The highest BCUT2D eigenvalue weighted by atomic mass is 19.4. The number of alkyl halides is 3. The van der Waals surface area contributed by atoms with Gasteiger partial charge in [0.1, 0.15) is 5.75 Å². The highest BCUT2D eigenvalue weighted by Crippen LogP contribution is 2.54. The summed E-state index contributed by atoms with van der Waals surface area (Å²) in [4.78, 5) is 15.0. The lowest BCUT2D eigenvalue weighted by atomic mass is 9.64. The van der Waals surface area contributed by atoms with E-state index in [4.69, 9.17) is 0 Å². The van der Waals surface area contributed by atoms with Crippen LogP contribution in [0.15, 0.2) is 36.4 Å². The van der Waals surface area contributed by atoms with Crippen molar-refractivity contribution in [3.05, 3.63) is 64.2 Å². The van der Waals surface area contributed by atoms with Crippen LogP contribution in [0.25, 0.3) is 0 Å². The molecule has 2 aromatic carbocycles. The van der Waals surface area contributed by atoms with E-state index in [2.05, 4.69) is 29.1 Å². The number of hydrogen-bond donors (Lipinski definition) is 1. The minimum atomic E-state index is -4.72. The highest BCUT2D eigenvalue weighted by molar-refractivity contribution is 5.99. The van der Waals surface area contributed by atoms with Gasteiger partial charge in [0.15, 0.2) is 0 Å². The Morgan fingerprint density at radius 2 is 1.68 bits per heavy atom. The summed E-state index contributed by atoms with van der Waals surface area (Å²) in [6, 6.07) is 10.2. The van der Waals surface area contributed by atoms with Crippen LogP contribution >= 0.6 is 0 Å². The monoisotopic (exact) mass is 472 g/mol. The first-order chi connectivity index (χ1) is 16.1. The van der Waals surface area contributed by atoms with Crippen LogP contribution in [0.2, 0.25) is 0 Å². The molecule has 7 heteroatoms. The number of carbonyl (C=O) groups excluding carboxylic acids is 1. The lowest BCUT2D eigenvalue weighted by Gasteiger charge is -2.41. The predicted molar refractivity (Wildman–Crippen MR) is 124 cm³/mol. The van der Waals surface area contributed by atoms with Crippen molar-refractivity contribution >= 4 is 5.91 Å². The molecule has 1 saturated heterocycles. The number of ether oxygens (including phenoxy) is 1. The summed E-state index contributed by atoms with van der Waals surface area (Å²) < 4.78 is 41.2. The second-order valence-corrected chi connectivity index (χ2v) is 10.3. The Morgan fingerprint density at radius 3 is 2.29 bits per heavy atom. The van der Waals surface area contributed by atoms with Gasteiger partial charge >= 0.3 is 6.36 Å². The molecule has 34 heavy (non-hydrogen) atoms. The van der Waals surface area contributed by atoms with Gasteiger partial charge in [-0.2, -0.15) is 0 Å². The number of amides is 1. The fourth-order valence-electron chi connectivity index (χ4n) is 6.09. The SMILES string of the molecule is Cc1cc(C(C)(C2CCNCC2)C2CC2)cc2c1C(=O)N(Cc1ccc(OC(F)(F)F)cc1)C2. The Bertz CT molecular complexity index is 1070. The predicted octanol–water partition coefficient (Wildman–Crippen LogP) is 5.72. The van der Waals surface area contributed by atoms with Gasteiger partial charge in [-0.3, -0.25) is 4.79 Å². The fourth-order valence-corrected chi connectivity index (χ4v) is 6.09. The van der Waals surface area contributed by atoms with Crippen LogP contribution in [-0.2, 0) is 18.5 Å². The zero-order valence-electron chi connectivity index (χ0n) is 19.7. The van der Waals surface area contributed by atoms with Gasteiger partial charge in [-0.25, -0.2) is 0 Å². The fraction of sp³-hybridized carbons (Fsp3) is 0.519. The summed E-state index contributed by atoms with van der Waals surface area (Å²) in [5, 5.41) is 3.49. The molecule has 0 spiro atoms. The molecule has 2 aromatic rings. The number of fused-ring (bicyclic) bond motifs is 1. The summed E-state index contributed by atoms with van der Waals surface area (Å²) in [5.74, 6) is 1.08. The molecule has 0 bridgehead atoms. The Balaban J connectivity index is 1.37. The molecule has 3 aliphatic rings. The van der Waals surface area contributed by atoms with E-state index in [9.17, 15) is 18.0 Å². The molecule has 182 valence electrons. The first kappa shape index (κ1) is 23.2. The maximum atomic E-state index is 13.2. The normalized spacial score (nSPS) is 20.9. The zero-order valence-corrected chi connectivity index (χ0v) is 19.7. The van der Waals surface area contributed by atoms with Crippen molar-refractivity contribution in [2.45, 2.75) is 64.4 Å². The largest absolute Gasteiger partial charge is 0.573 e. The smallest absolute Gasteiger partial charge is 0.406 e. The molecular formula is C27H31F3N2O2. The Labute approximate surface area is 198 Å². The van der Waals surface area contributed by atoms with E-state index >= 15 is 0 Å². The maximum Gasteiger partial charge on any atom is 0.573 e. The van der Waals surface area contributed by atoms with E-state index in [0.29, 0.717) is 24.9 Å². The molecular weight excluding hydrogens is 441 g/mol. The summed E-state index contributed by atoms with van der Waals surface area (Å²) >= 11 is 0. The van der Waals surface area contributed by atoms with Gasteiger partial charge < -0.3 is 15.0 Å². The summed E-state index contributed by atoms with van der Waals surface area (Å²) in [6.45, 7) is 7.47. The van der Waals surface area contributed by atoms with Gasteiger partial charge in [0.25, 0.3) is 5.91 Å². The number of nitrogens with one attached hydrogen (secondary N) is 1. The number of benzene rings is 2. The Kier molecular flexibility index (Phi) is 5.87. The second-order valence-electron chi connectivity index (χ2n) is 10.3. The third kappa shape index (κ3) is 4.42. The Morgan fingerprint density at radius 1 is 1.03 bits per heavy atom. The van der Waals surface area contributed by atoms with Gasteiger partial charge in [0, 0.05) is 18.7 Å². The number of nitrogens with zero attached hydrogens (tertiary/aromatic N) is 1. The summed E-state index contributed by atoms with van der Waals surface area (Å²) in [5.41, 5.74) is 5.14. The van der Waals surface area contributed by atoms with Crippen LogP contribution in [0.1, 0.15) is 65.2 Å².